The number of aromatic nitrogens is 1. The molecule has 0 bridgehead atoms. The van der Waals surface area contributed by atoms with Crippen LogP contribution in [0.1, 0.15) is 40.4 Å². The Morgan fingerprint density at radius 2 is 2.15 bits per heavy atom. The number of benzene rings is 1. The van der Waals surface area contributed by atoms with Crippen molar-refractivity contribution in [2.24, 2.45) is 5.92 Å². The maximum Gasteiger partial charge on any atom is 0.255 e. The van der Waals surface area contributed by atoms with Crippen molar-refractivity contribution in [3.05, 3.63) is 63.1 Å². The molecule has 1 aliphatic heterocycles. The zero-order valence-corrected chi connectivity index (χ0v) is 15.8. The first-order valence-corrected chi connectivity index (χ1v) is 9.60. The van der Waals surface area contributed by atoms with E-state index in [-0.39, 0.29) is 17.5 Å². The van der Waals surface area contributed by atoms with E-state index in [4.69, 9.17) is 0 Å². The van der Waals surface area contributed by atoms with Crippen LogP contribution in [0.25, 0.3) is 0 Å². The summed E-state index contributed by atoms with van der Waals surface area (Å²) in [5.74, 6) is 0.437. The van der Waals surface area contributed by atoms with Crippen LogP contribution in [0.15, 0.2) is 35.3 Å². The number of pyridine rings is 1. The van der Waals surface area contributed by atoms with Gasteiger partial charge in [-0.05, 0) is 49.1 Å². The molecule has 1 aromatic carbocycles. The Labute approximate surface area is 159 Å². The van der Waals surface area contributed by atoms with Crippen molar-refractivity contribution in [1.82, 2.24) is 15.2 Å². The van der Waals surface area contributed by atoms with Crippen molar-refractivity contribution < 1.29 is 4.79 Å². The molecule has 2 heterocycles. The number of hydrogen-bond acceptors (Lipinski definition) is 4. The van der Waals surface area contributed by atoms with E-state index in [1.807, 2.05) is 6.07 Å². The van der Waals surface area contributed by atoms with E-state index in [9.17, 15) is 9.59 Å². The van der Waals surface area contributed by atoms with E-state index in [0.29, 0.717) is 30.1 Å². The summed E-state index contributed by atoms with van der Waals surface area (Å²) in [7, 11) is 1.80. The Balaban J connectivity index is 1.67. The Bertz CT molecular complexity index is 934. The van der Waals surface area contributed by atoms with Crippen molar-refractivity contribution in [1.29, 1.82) is 0 Å². The lowest BCUT2D eigenvalue weighted by atomic mass is 10.0. The van der Waals surface area contributed by atoms with Gasteiger partial charge in [-0.25, -0.2) is 0 Å². The molecule has 3 N–H and O–H groups in total. The Hall–Kier alpha value is -2.60. The summed E-state index contributed by atoms with van der Waals surface area (Å²) in [6, 6.07) is 8.12. The average Bonchev–Trinajstić information content (AvgIpc) is 3.14. The summed E-state index contributed by atoms with van der Waals surface area (Å²) in [4.78, 5) is 25.5. The summed E-state index contributed by atoms with van der Waals surface area (Å²) in [5.41, 5.74) is 4.64. The number of nitrogens with one attached hydrogen (secondary N) is 3. The van der Waals surface area contributed by atoms with Gasteiger partial charge < -0.3 is 20.5 Å². The predicted octanol–water partition coefficient (Wildman–Crippen LogP) is 1.72. The summed E-state index contributed by atoms with van der Waals surface area (Å²) >= 11 is 0. The van der Waals surface area contributed by atoms with E-state index in [1.54, 1.807) is 23.9 Å². The van der Waals surface area contributed by atoms with Gasteiger partial charge in [0.2, 0.25) is 0 Å². The highest BCUT2D eigenvalue weighted by atomic mass is 16.2. The second-order valence-electron chi connectivity index (χ2n) is 7.63. The largest absolute Gasteiger partial charge is 0.384 e. The lowest BCUT2D eigenvalue weighted by molar-refractivity contribution is 0.0948. The first-order chi connectivity index (χ1) is 13.1. The Kier molecular flexibility index (Phi) is 4.74. The highest BCUT2D eigenvalue weighted by molar-refractivity contribution is 5.94. The predicted molar refractivity (Wildman–Crippen MR) is 106 cm³/mol. The SMILES string of the molecule is CNCc1cc(C(=O)N[C@H]2C[C@@H]2C)cn(Cc2cccc3c2CCN3)c1=O. The molecule has 2 aromatic rings. The van der Waals surface area contributed by atoms with Crippen LogP contribution in [0.3, 0.4) is 0 Å². The van der Waals surface area contributed by atoms with Gasteiger partial charge in [0.1, 0.15) is 0 Å². The van der Waals surface area contributed by atoms with Crippen LogP contribution >= 0.6 is 0 Å². The van der Waals surface area contributed by atoms with E-state index in [1.165, 1.54) is 5.56 Å². The minimum atomic E-state index is -0.101. The van der Waals surface area contributed by atoms with Gasteiger partial charge in [0, 0.05) is 36.6 Å². The van der Waals surface area contributed by atoms with Crippen LogP contribution in [-0.2, 0) is 19.5 Å². The summed E-state index contributed by atoms with van der Waals surface area (Å²) in [6.45, 7) is 3.96. The monoisotopic (exact) mass is 366 g/mol. The number of rotatable bonds is 6. The molecule has 142 valence electrons. The van der Waals surface area contributed by atoms with E-state index in [0.717, 1.165) is 30.6 Å². The van der Waals surface area contributed by atoms with Crippen LogP contribution in [0, 0.1) is 5.92 Å². The van der Waals surface area contributed by atoms with Gasteiger partial charge >= 0.3 is 0 Å². The molecule has 27 heavy (non-hydrogen) atoms. The van der Waals surface area contributed by atoms with Crippen LogP contribution in [0.4, 0.5) is 5.69 Å². The maximum absolute atomic E-state index is 12.9. The lowest BCUT2D eigenvalue weighted by Crippen LogP contribution is -2.32. The van der Waals surface area contributed by atoms with Gasteiger partial charge in [-0.3, -0.25) is 9.59 Å². The quantitative estimate of drug-likeness (QED) is 0.728. The van der Waals surface area contributed by atoms with Gasteiger partial charge in [0.25, 0.3) is 11.5 Å². The topological polar surface area (TPSA) is 75.2 Å². The number of carbonyl (C=O) groups excluding carboxylic acids is 1. The minimum Gasteiger partial charge on any atom is -0.384 e. The van der Waals surface area contributed by atoms with Crippen molar-refractivity contribution in [3.8, 4) is 0 Å². The molecule has 2 atom stereocenters. The van der Waals surface area contributed by atoms with Crippen molar-refractivity contribution in [2.45, 2.75) is 38.9 Å². The normalized spacial score (nSPS) is 20.1. The first-order valence-electron chi connectivity index (χ1n) is 9.60. The van der Waals surface area contributed by atoms with Gasteiger partial charge in [-0.1, -0.05) is 19.1 Å². The average molecular weight is 366 g/mol. The maximum atomic E-state index is 12.9. The number of anilines is 1. The second kappa shape index (κ2) is 7.19. The molecule has 0 unspecified atom stereocenters. The van der Waals surface area contributed by atoms with Crippen LogP contribution in [0.5, 0.6) is 0 Å². The Morgan fingerprint density at radius 3 is 2.89 bits per heavy atom. The fourth-order valence-corrected chi connectivity index (χ4v) is 3.78. The fraction of sp³-hybridized carbons (Fsp3) is 0.429. The minimum absolute atomic E-state index is 0.0516. The molecule has 1 aromatic heterocycles. The van der Waals surface area contributed by atoms with Crippen molar-refractivity contribution in [3.63, 3.8) is 0 Å². The van der Waals surface area contributed by atoms with E-state index in [2.05, 4.69) is 35.0 Å². The molecular weight excluding hydrogens is 340 g/mol. The van der Waals surface area contributed by atoms with Crippen LogP contribution in [0.2, 0.25) is 0 Å². The van der Waals surface area contributed by atoms with Crippen molar-refractivity contribution in [2.75, 3.05) is 18.9 Å². The number of hydrogen-bond donors (Lipinski definition) is 3. The smallest absolute Gasteiger partial charge is 0.255 e. The lowest BCUT2D eigenvalue weighted by Gasteiger charge is -2.14. The summed E-state index contributed by atoms with van der Waals surface area (Å²) < 4.78 is 1.67. The third kappa shape index (κ3) is 3.62. The van der Waals surface area contributed by atoms with Crippen LogP contribution in [-0.4, -0.2) is 30.1 Å². The van der Waals surface area contributed by atoms with E-state index < -0.39 is 0 Å². The standard InChI is InChI=1S/C21H26N4O2/c1-13-8-19(13)24-20(26)16-9-15(10-22-2)21(27)25(12-16)11-14-4-3-5-18-17(14)6-7-23-18/h3-5,9,12-13,19,22-23H,6-8,10-11H2,1-2H3,(H,24,26)/t13-,19-/m0/s1. The summed E-state index contributed by atoms with van der Waals surface area (Å²) in [5, 5.41) is 9.46. The van der Waals surface area contributed by atoms with Gasteiger partial charge in [0.05, 0.1) is 12.1 Å². The number of fused-ring (bicyclic) bond motifs is 1. The van der Waals surface area contributed by atoms with Gasteiger partial charge in [-0.2, -0.15) is 0 Å². The molecule has 1 aliphatic carbocycles. The molecule has 2 aliphatic rings. The molecular formula is C21H26N4O2. The molecule has 1 saturated carbocycles. The third-order valence-corrected chi connectivity index (χ3v) is 5.52. The molecule has 6 nitrogen and oxygen atoms in total. The van der Waals surface area contributed by atoms with Crippen molar-refractivity contribution >= 4 is 11.6 Å². The zero-order valence-electron chi connectivity index (χ0n) is 15.8. The van der Waals surface area contributed by atoms with E-state index >= 15 is 0 Å². The molecule has 6 heteroatoms. The van der Waals surface area contributed by atoms with Crippen LogP contribution < -0.4 is 21.5 Å². The second-order valence-corrected chi connectivity index (χ2v) is 7.63. The number of carbonyl (C=O) groups is 1. The van der Waals surface area contributed by atoms with Gasteiger partial charge in [-0.15, -0.1) is 0 Å². The fourth-order valence-electron chi connectivity index (χ4n) is 3.78. The molecule has 0 saturated heterocycles. The highest BCUT2D eigenvalue weighted by Crippen LogP contribution is 2.29. The Morgan fingerprint density at radius 1 is 1.33 bits per heavy atom. The zero-order chi connectivity index (χ0) is 19.0. The first kappa shape index (κ1) is 17.8. The highest BCUT2D eigenvalue weighted by Gasteiger charge is 2.34. The molecule has 0 radical (unpaired) electrons. The molecule has 1 amide bonds. The molecule has 1 fully saturated rings. The molecule has 4 rings (SSSR count). The third-order valence-electron chi connectivity index (χ3n) is 5.52. The number of amides is 1. The molecule has 0 spiro atoms. The van der Waals surface area contributed by atoms with Gasteiger partial charge in [0.15, 0.2) is 0 Å². The number of nitrogens with zero attached hydrogens (tertiary/aromatic N) is 1. The summed E-state index contributed by atoms with van der Waals surface area (Å²) in [6.07, 6.45) is 3.69.